The number of benzene rings is 1. The third kappa shape index (κ3) is 3.23. The highest BCUT2D eigenvalue weighted by molar-refractivity contribution is 7.98. The monoisotopic (exact) mass is 265 g/mol. The molecule has 0 aliphatic rings. The molecule has 0 spiro atoms. The van der Waals surface area contributed by atoms with Gasteiger partial charge in [0.1, 0.15) is 5.75 Å². The van der Waals surface area contributed by atoms with Gasteiger partial charge in [0, 0.05) is 21.9 Å². The van der Waals surface area contributed by atoms with Crippen LogP contribution in [0.4, 0.5) is 0 Å². The van der Waals surface area contributed by atoms with Crippen LogP contribution in [0, 0.1) is 0 Å². The lowest BCUT2D eigenvalue weighted by atomic mass is 10.2. The lowest BCUT2D eigenvalue weighted by molar-refractivity contribution is 0.462. The van der Waals surface area contributed by atoms with E-state index < -0.39 is 0 Å². The van der Waals surface area contributed by atoms with Gasteiger partial charge in [-0.05, 0) is 12.1 Å². The Kier molecular flexibility index (Phi) is 4.07. The lowest BCUT2D eigenvalue weighted by Gasteiger charge is -2.02. The molecule has 0 amide bonds. The number of aromatic nitrogens is 1. The zero-order valence-corrected chi connectivity index (χ0v) is 11.5. The summed E-state index contributed by atoms with van der Waals surface area (Å²) in [6, 6.07) is 7.40. The van der Waals surface area contributed by atoms with E-state index in [2.05, 4.69) is 24.2 Å². The highest BCUT2D eigenvalue weighted by atomic mass is 32.2. The summed E-state index contributed by atoms with van der Waals surface area (Å²) in [5.41, 5.74) is 1.09. The van der Waals surface area contributed by atoms with Crippen LogP contribution < -0.4 is 0 Å². The summed E-state index contributed by atoms with van der Waals surface area (Å²) >= 11 is 3.33. The summed E-state index contributed by atoms with van der Waals surface area (Å²) in [6.45, 7) is 4.30. The van der Waals surface area contributed by atoms with Gasteiger partial charge in [0.05, 0.1) is 10.7 Å². The first kappa shape index (κ1) is 12.5. The van der Waals surface area contributed by atoms with Gasteiger partial charge in [-0.25, -0.2) is 4.98 Å². The molecule has 2 nitrogen and oxygen atoms in total. The van der Waals surface area contributed by atoms with Crippen LogP contribution in [-0.4, -0.2) is 10.1 Å². The standard InChI is InChI=1S/C13H15NOS2/c1-9(2)13-14-10(8-17-13)7-16-12-6-4-3-5-11(12)15/h3-6,8-9,15H,7H2,1-2H3. The quantitative estimate of drug-likeness (QED) is 0.838. The van der Waals surface area contributed by atoms with E-state index in [4.69, 9.17) is 0 Å². The Morgan fingerprint density at radius 1 is 1.35 bits per heavy atom. The normalized spacial score (nSPS) is 11.0. The largest absolute Gasteiger partial charge is 0.507 e. The molecular weight excluding hydrogens is 250 g/mol. The van der Waals surface area contributed by atoms with Crippen molar-refractivity contribution in [3.8, 4) is 5.75 Å². The molecule has 0 atom stereocenters. The topological polar surface area (TPSA) is 33.1 Å². The van der Waals surface area contributed by atoms with Gasteiger partial charge >= 0.3 is 0 Å². The summed E-state index contributed by atoms with van der Waals surface area (Å²) in [5.74, 6) is 1.64. The lowest BCUT2D eigenvalue weighted by Crippen LogP contribution is -1.87. The summed E-state index contributed by atoms with van der Waals surface area (Å²) in [5, 5.41) is 12.9. The Bertz CT molecular complexity index is 494. The number of thioether (sulfide) groups is 1. The van der Waals surface area contributed by atoms with Crippen LogP contribution in [0.1, 0.15) is 30.5 Å². The van der Waals surface area contributed by atoms with Gasteiger partial charge in [0.25, 0.3) is 0 Å². The molecule has 1 N–H and O–H groups in total. The Hall–Kier alpha value is -1.00. The van der Waals surface area contributed by atoms with Crippen molar-refractivity contribution in [3.05, 3.63) is 40.3 Å². The van der Waals surface area contributed by atoms with E-state index in [0.29, 0.717) is 11.7 Å². The fraction of sp³-hybridized carbons (Fsp3) is 0.308. The highest BCUT2D eigenvalue weighted by Gasteiger charge is 2.07. The van der Waals surface area contributed by atoms with Crippen LogP contribution in [0.3, 0.4) is 0 Å². The van der Waals surface area contributed by atoms with Crippen molar-refractivity contribution in [1.29, 1.82) is 0 Å². The zero-order valence-electron chi connectivity index (χ0n) is 9.88. The summed E-state index contributed by atoms with van der Waals surface area (Å²) in [7, 11) is 0. The summed E-state index contributed by atoms with van der Waals surface area (Å²) < 4.78 is 0. The Balaban J connectivity index is 2.00. The Labute approximate surface area is 110 Å². The maximum absolute atomic E-state index is 9.64. The minimum Gasteiger partial charge on any atom is -0.507 e. The third-order valence-corrected chi connectivity index (χ3v) is 4.59. The minimum atomic E-state index is 0.344. The number of para-hydroxylation sites is 1. The molecule has 2 aromatic rings. The number of phenols is 1. The predicted octanol–water partition coefficient (Wildman–Crippen LogP) is 4.26. The van der Waals surface area contributed by atoms with E-state index >= 15 is 0 Å². The fourth-order valence-electron chi connectivity index (χ4n) is 1.39. The average Bonchev–Trinajstić information content (AvgIpc) is 2.77. The minimum absolute atomic E-state index is 0.344. The molecule has 17 heavy (non-hydrogen) atoms. The SMILES string of the molecule is CC(C)c1nc(CSc2ccccc2O)cs1. The molecule has 1 aromatic carbocycles. The molecule has 90 valence electrons. The molecule has 1 heterocycles. The first-order chi connectivity index (χ1) is 8.16. The van der Waals surface area contributed by atoms with E-state index in [-0.39, 0.29) is 0 Å². The second kappa shape index (κ2) is 5.56. The average molecular weight is 265 g/mol. The molecule has 0 bridgehead atoms. The summed E-state index contributed by atoms with van der Waals surface area (Å²) in [6.07, 6.45) is 0. The van der Waals surface area contributed by atoms with E-state index in [1.54, 1.807) is 29.2 Å². The summed E-state index contributed by atoms with van der Waals surface area (Å²) in [4.78, 5) is 5.48. The van der Waals surface area contributed by atoms with Crippen molar-refractivity contribution in [3.63, 3.8) is 0 Å². The van der Waals surface area contributed by atoms with Gasteiger partial charge in [-0.3, -0.25) is 0 Å². The van der Waals surface area contributed by atoms with E-state index in [1.807, 2.05) is 18.2 Å². The van der Waals surface area contributed by atoms with Crippen LogP contribution in [0.25, 0.3) is 0 Å². The van der Waals surface area contributed by atoms with Crippen molar-refractivity contribution in [2.24, 2.45) is 0 Å². The van der Waals surface area contributed by atoms with E-state index in [9.17, 15) is 5.11 Å². The van der Waals surface area contributed by atoms with Gasteiger partial charge in [-0.15, -0.1) is 23.1 Å². The Morgan fingerprint density at radius 2 is 2.12 bits per heavy atom. The van der Waals surface area contributed by atoms with E-state index in [1.165, 1.54) is 5.01 Å². The first-order valence-corrected chi connectivity index (χ1v) is 7.38. The maximum atomic E-state index is 9.64. The smallest absolute Gasteiger partial charge is 0.129 e. The molecule has 0 radical (unpaired) electrons. The maximum Gasteiger partial charge on any atom is 0.129 e. The van der Waals surface area contributed by atoms with E-state index in [0.717, 1.165) is 16.3 Å². The molecule has 0 unspecified atom stereocenters. The van der Waals surface area contributed by atoms with Crippen LogP contribution in [0.15, 0.2) is 34.5 Å². The van der Waals surface area contributed by atoms with Crippen molar-refractivity contribution in [2.75, 3.05) is 0 Å². The second-order valence-electron chi connectivity index (χ2n) is 4.09. The predicted molar refractivity (Wildman–Crippen MR) is 73.9 cm³/mol. The second-order valence-corrected chi connectivity index (χ2v) is 6.00. The molecule has 0 aliphatic carbocycles. The number of hydrogen-bond donors (Lipinski definition) is 1. The van der Waals surface area contributed by atoms with Crippen LogP contribution >= 0.6 is 23.1 Å². The van der Waals surface area contributed by atoms with Gasteiger partial charge < -0.3 is 5.11 Å². The Morgan fingerprint density at radius 3 is 2.76 bits per heavy atom. The van der Waals surface area contributed by atoms with Gasteiger partial charge in [-0.2, -0.15) is 0 Å². The number of thiazole rings is 1. The first-order valence-electron chi connectivity index (χ1n) is 5.52. The number of phenolic OH excluding ortho intramolecular Hbond substituents is 1. The van der Waals surface area contributed by atoms with Gasteiger partial charge in [0.2, 0.25) is 0 Å². The third-order valence-electron chi connectivity index (χ3n) is 2.30. The van der Waals surface area contributed by atoms with Crippen molar-refractivity contribution in [2.45, 2.75) is 30.4 Å². The number of nitrogens with zero attached hydrogens (tertiary/aromatic N) is 1. The zero-order chi connectivity index (χ0) is 12.3. The number of aromatic hydroxyl groups is 1. The molecule has 1 aromatic heterocycles. The van der Waals surface area contributed by atoms with Crippen LogP contribution in [-0.2, 0) is 5.75 Å². The molecule has 0 saturated carbocycles. The molecule has 0 aliphatic heterocycles. The van der Waals surface area contributed by atoms with Gasteiger partial charge in [-0.1, -0.05) is 26.0 Å². The molecule has 0 saturated heterocycles. The van der Waals surface area contributed by atoms with Crippen LogP contribution in [0.5, 0.6) is 5.75 Å². The number of rotatable bonds is 4. The van der Waals surface area contributed by atoms with Crippen molar-refractivity contribution in [1.82, 2.24) is 4.98 Å². The highest BCUT2D eigenvalue weighted by Crippen LogP contribution is 2.31. The van der Waals surface area contributed by atoms with Gasteiger partial charge in [0.15, 0.2) is 0 Å². The fourth-order valence-corrected chi connectivity index (χ4v) is 3.17. The molecule has 2 rings (SSSR count). The van der Waals surface area contributed by atoms with Crippen molar-refractivity contribution >= 4 is 23.1 Å². The van der Waals surface area contributed by atoms with Crippen molar-refractivity contribution < 1.29 is 5.11 Å². The van der Waals surface area contributed by atoms with Crippen LogP contribution in [0.2, 0.25) is 0 Å². The molecule has 4 heteroatoms. The number of hydrogen-bond acceptors (Lipinski definition) is 4. The molecule has 0 fully saturated rings. The molecular formula is C13H15NOS2.